The average molecular weight is 291 g/mol. The monoisotopic (exact) mass is 291 g/mol. The predicted octanol–water partition coefficient (Wildman–Crippen LogP) is 3.75. The fourth-order valence-corrected chi connectivity index (χ4v) is 2.84. The number of hydrogen-bond acceptors (Lipinski definition) is 4. The van der Waals surface area contributed by atoms with Gasteiger partial charge in [0.1, 0.15) is 5.82 Å². The molecule has 0 aliphatic carbocycles. The molecular weight excluding hydrogens is 273 g/mol. The van der Waals surface area contributed by atoms with Crippen LogP contribution in [0.15, 0.2) is 40.6 Å². The number of nitrogens with one attached hydrogen (secondary N) is 1. The summed E-state index contributed by atoms with van der Waals surface area (Å²) in [6.45, 7) is 6.82. The summed E-state index contributed by atoms with van der Waals surface area (Å²) in [5, 5.41) is 3.86. The first-order valence-electron chi connectivity index (χ1n) is 6.60. The second kappa shape index (κ2) is 6.81. The molecule has 5 heteroatoms. The lowest BCUT2D eigenvalue weighted by Crippen LogP contribution is -2.18. The van der Waals surface area contributed by atoms with Crippen molar-refractivity contribution >= 4 is 11.8 Å². The summed E-state index contributed by atoms with van der Waals surface area (Å²) in [5.41, 5.74) is 1.92. The number of rotatable bonds is 5. The van der Waals surface area contributed by atoms with Crippen LogP contribution in [0.3, 0.4) is 0 Å². The molecule has 0 radical (unpaired) electrons. The van der Waals surface area contributed by atoms with Crippen molar-refractivity contribution in [1.82, 2.24) is 15.3 Å². The fourth-order valence-electron chi connectivity index (χ4n) is 1.92. The first-order valence-corrected chi connectivity index (χ1v) is 7.41. The first kappa shape index (κ1) is 14.9. The van der Waals surface area contributed by atoms with Crippen molar-refractivity contribution in [3.63, 3.8) is 0 Å². The lowest BCUT2D eigenvalue weighted by atomic mass is 10.1. The summed E-state index contributed by atoms with van der Waals surface area (Å²) in [7, 11) is 0. The maximum atomic E-state index is 14.1. The van der Waals surface area contributed by atoms with Gasteiger partial charge >= 0.3 is 0 Å². The van der Waals surface area contributed by atoms with Gasteiger partial charge in [-0.05, 0) is 49.3 Å². The second-order valence-electron chi connectivity index (χ2n) is 4.58. The van der Waals surface area contributed by atoms with Gasteiger partial charge in [0.15, 0.2) is 5.16 Å². The van der Waals surface area contributed by atoms with Gasteiger partial charge in [-0.2, -0.15) is 0 Å². The molecule has 2 rings (SSSR count). The quantitative estimate of drug-likeness (QED) is 0.852. The lowest BCUT2D eigenvalue weighted by Gasteiger charge is -2.17. The van der Waals surface area contributed by atoms with Crippen LogP contribution in [0.2, 0.25) is 0 Å². The van der Waals surface area contributed by atoms with Crippen LogP contribution in [0.5, 0.6) is 0 Å². The van der Waals surface area contributed by atoms with Crippen LogP contribution >= 0.6 is 11.8 Å². The molecule has 0 aliphatic heterocycles. The van der Waals surface area contributed by atoms with Crippen LogP contribution in [-0.4, -0.2) is 16.5 Å². The molecular formula is C15H18FN3S. The molecule has 1 heterocycles. The molecule has 0 bridgehead atoms. The van der Waals surface area contributed by atoms with E-state index in [1.807, 2.05) is 26.8 Å². The Balaban J connectivity index is 2.32. The second-order valence-corrected chi connectivity index (χ2v) is 5.56. The first-order chi connectivity index (χ1) is 9.61. The van der Waals surface area contributed by atoms with Gasteiger partial charge in [-0.1, -0.05) is 19.1 Å². The molecule has 1 N–H and O–H groups in total. The smallest absolute Gasteiger partial charge is 0.192 e. The summed E-state index contributed by atoms with van der Waals surface area (Å²) >= 11 is 1.27. The van der Waals surface area contributed by atoms with E-state index in [2.05, 4.69) is 15.3 Å². The third-order valence-electron chi connectivity index (χ3n) is 2.92. The Bertz CT molecular complexity index is 572. The van der Waals surface area contributed by atoms with Gasteiger partial charge in [-0.3, -0.25) is 0 Å². The van der Waals surface area contributed by atoms with Crippen LogP contribution in [0, 0.1) is 12.7 Å². The maximum Gasteiger partial charge on any atom is 0.192 e. The van der Waals surface area contributed by atoms with E-state index in [9.17, 15) is 4.39 Å². The van der Waals surface area contributed by atoms with Gasteiger partial charge in [-0.25, -0.2) is 14.4 Å². The predicted molar refractivity (Wildman–Crippen MR) is 79.4 cm³/mol. The van der Waals surface area contributed by atoms with Crippen molar-refractivity contribution in [3.8, 4) is 0 Å². The van der Waals surface area contributed by atoms with Gasteiger partial charge in [-0.15, -0.1) is 0 Å². The average Bonchev–Trinajstić information content (AvgIpc) is 2.43. The lowest BCUT2D eigenvalue weighted by molar-refractivity contribution is 0.557. The number of benzene rings is 1. The van der Waals surface area contributed by atoms with E-state index < -0.39 is 0 Å². The number of aromatic nitrogens is 2. The standard InChI is InChI=1S/C15H18FN3S/c1-4-17-11(3)12-6-5-7-13(16)14(12)20-15-18-8-10(2)9-19-15/h5-9,11,17H,4H2,1-3H3. The van der Waals surface area contributed by atoms with Crippen molar-refractivity contribution in [2.75, 3.05) is 6.54 Å². The van der Waals surface area contributed by atoms with E-state index in [1.165, 1.54) is 17.8 Å². The van der Waals surface area contributed by atoms with Gasteiger partial charge in [0.25, 0.3) is 0 Å². The third-order valence-corrected chi connectivity index (χ3v) is 3.95. The molecule has 2 aromatic rings. The number of nitrogens with zero attached hydrogens (tertiary/aromatic N) is 2. The molecule has 0 fully saturated rings. The maximum absolute atomic E-state index is 14.1. The van der Waals surface area contributed by atoms with Gasteiger partial charge in [0.2, 0.25) is 0 Å². The fraction of sp³-hybridized carbons (Fsp3) is 0.333. The van der Waals surface area contributed by atoms with Crippen molar-refractivity contribution in [1.29, 1.82) is 0 Å². The number of hydrogen-bond donors (Lipinski definition) is 1. The summed E-state index contributed by atoms with van der Waals surface area (Å²) in [4.78, 5) is 9.04. The zero-order valence-electron chi connectivity index (χ0n) is 11.9. The van der Waals surface area contributed by atoms with E-state index in [4.69, 9.17) is 0 Å². The van der Waals surface area contributed by atoms with Crippen LogP contribution in [0.25, 0.3) is 0 Å². The molecule has 0 saturated heterocycles. The zero-order chi connectivity index (χ0) is 14.5. The molecule has 3 nitrogen and oxygen atoms in total. The summed E-state index contributed by atoms with van der Waals surface area (Å²) in [6.07, 6.45) is 3.48. The topological polar surface area (TPSA) is 37.8 Å². The minimum atomic E-state index is -0.235. The molecule has 1 aromatic heterocycles. The van der Waals surface area contributed by atoms with E-state index in [0.717, 1.165) is 17.7 Å². The van der Waals surface area contributed by atoms with E-state index in [0.29, 0.717) is 10.1 Å². The number of aryl methyl sites for hydroxylation is 1. The Morgan fingerprint density at radius 1 is 1.30 bits per heavy atom. The number of halogens is 1. The normalized spacial score (nSPS) is 12.4. The van der Waals surface area contributed by atoms with Crippen molar-refractivity contribution in [2.45, 2.75) is 36.9 Å². The summed E-state index contributed by atoms with van der Waals surface area (Å²) in [5.74, 6) is -0.235. The largest absolute Gasteiger partial charge is 0.310 e. The van der Waals surface area contributed by atoms with Crippen LogP contribution in [-0.2, 0) is 0 Å². The highest BCUT2D eigenvalue weighted by Gasteiger charge is 2.15. The molecule has 0 amide bonds. The van der Waals surface area contributed by atoms with Gasteiger partial charge in [0.05, 0.1) is 4.90 Å². The van der Waals surface area contributed by atoms with Crippen LogP contribution in [0.1, 0.15) is 31.0 Å². The van der Waals surface area contributed by atoms with E-state index >= 15 is 0 Å². The molecule has 106 valence electrons. The highest BCUT2D eigenvalue weighted by atomic mass is 32.2. The minimum absolute atomic E-state index is 0.0867. The van der Waals surface area contributed by atoms with Crippen LogP contribution in [0.4, 0.5) is 4.39 Å². The third kappa shape index (κ3) is 3.55. The zero-order valence-corrected chi connectivity index (χ0v) is 12.7. The Hall–Kier alpha value is -1.46. The van der Waals surface area contributed by atoms with Crippen molar-refractivity contribution in [3.05, 3.63) is 47.5 Å². The molecule has 0 spiro atoms. The summed E-state index contributed by atoms with van der Waals surface area (Å²) in [6, 6.07) is 5.23. The van der Waals surface area contributed by atoms with E-state index in [-0.39, 0.29) is 11.9 Å². The van der Waals surface area contributed by atoms with Gasteiger partial charge in [0, 0.05) is 18.4 Å². The molecule has 1 atom stereocenters. The van der Waals surface area contributed by atoms with Gasteiger partial charge < -0.3 is 5.32 Å². The Morgan fingerprint density at radius 2 is 2.00 bits per heavy atom. The van der Waals surface area contributed by atoms with Crippen LogP contribution < -0.4 is 5.32 Å². The Morgan fingerprint density at radius 3 is 2.65 bits per heavy atom. The minimum Gasteiger partial charge on any atom is -0.310 e. The molecule has 1 aromatic carbocycles. The van der Waals surface area contributed by atoms with Crippen molar-refractivity contribution < 1.29 is 4.39 Å². The Labute approximate surface area is 123 Å². The highest BCUT2D eigenvalue weighted by molar-refractivity contribution is 7.99. The molecule has 20 heavy (non-hydrogen) atoms. The van der Waals surface area contributed by atoms with Crippen molar-refractivity contribution in [2.24, 2.45) is 0 Å². The molecule has 0 aliphatic rings. The molecule has 0 saturated carbocycles. The van der Waals surface area contributed by atoms with E-state index in [1.54, 1.807) is 18.5 Å². The SMILES string of the molecule is CCNC(C)c1cccc(F)c1Sc1ncc(C)cn1. The molecule has 1 unspecified atom stereocenters. The summed E-state index contributed by atoms with van der Waals surface area (Å²) < 4.78 is 14.1. The highest BCUT2D eigenvalue weighted by Crippen LogP contribution is 2.33. The Kier molecular flexibility index (Phi) is 5.09.